The van der Waals surface area contributed by atoms with E-state index >= 15 is 0 Å². The highest BCUT2D eigenvalue weighted by Crippen LogP contribution is 2.07. The van der Waals surface area contributed by atoms with Crippen LogP contribution in [0.2, 0.25) is 0 Å². The standard InChI is InChI=1S/C16H34N4O3/c1-7-9-13(20-15(21)23-16(2,3)4)12-19-14(17-5)18-10-8-11-22-6/h13H,7-12H2,1-6H3,(H,20,21)(H2,17,18,19). The zero-order chi connectivity index (χ0) is 17.7. The normalized spacial score (nSPS) is 13.4. The first-order chi connectivity index (χ1) is 10.8. The average molecular weight is 330 g/mol. The first-order valence-corrected chi connectivity index (χ1v) is 8.25. The lowest BCUT2D eigenvalue weighted by Gasteiger charge is -2.24. The Hall–Kier alpha value is -1.50. The van der Waals surface area contributed by atoms with E-state index in [2.05, 4.69) is 27.9 Å². The number of carbonyl (C=O) groups excluding carboxylic acids is 1. The molecule has 1 amide bonds. The number of alkyl carbamates (subject to hydrolysis) is 1. The van der Waals surface area contributed by atoms with Gasteiger partial charge >= 0.3 is 6.09 Å². The largest absolute Gasteiger partial charge is 0.444 e. The smallest absolute Gasteiger partial charge is 0.407 e. The lowest BCUT2D eigenvalue weighted by molar-refractivity contribution is 0.0502. The van der Waals surface area contributed by atoms with Crippen molar-refractivity contribution in [2.75, 3.05) is 33.9 Å². The number of aliphatic imine (C=N–C) groups is 1. The monoisotopic (exact) mass is 330 g/mol. The topological polar surface area (TPSA) is 84.0 Å². The predicted molar refractivity (Wildman–Crippen MR) is 93.9 cm³/mol. The van der Waals surface area contributed by atoms with Crippen LogP contribution >= 0.6 is 0 Å². The molecule has 0 aromatic rings. The molecule has 0 saturated carbocycles. The van der Waals surface area contributed by atoms with Gasteiger partial charge in [-0.2, -0.15) is 0 Å². The first-order valence-electron chi connectivity index (χ1n) is 8.25. The highest BCUT2D eigenvalue weighted by Gasteiger charge is 2.19. The van der Waals surface area contributed by atoms with Crippen LogP contribution in [0, 0.1) is 0 Å². The number of hydrogen-bond donors (Lipinski definition) is 3. The van der Waals surface area contributed by atoms with Gasteiger partial charge in [-0.3, -0.25) is 4.99 Å². The zero-order valence-corrected chi connectivity index (χ0v) is 15.5. The van der Waals surface area contributed by atoms with Crippen LogP contribution < -0.4 is 16.0 Å². The van der Waals surface area contributed by atoms with Crippen LogP contribution in [-0.4, -0.2) is 57.5 Å². The van der Waals surface area contributed by atoms with Crippen LogP contribution in [0.3, 0.4) is 0 Å². The molecule has 0 aromatic carbocycles. The van der Waals surface area contributed by atoms with Crippen LogP contribution in [0.1, 0.15) is 47.0 Å². The molecule has 0 bridgehead atoms. The fourth-order valence-electron chi connectivity index (χ4n) is 1.91. The molecule has 0 fully saturated rings. The molecule has 136 valence electrons. The van der Waals surface area contributed by atoms with Crippen molar-refractivity contribution in [3.63, 3.8) is 0 Å². The maximum Gasteiger partial charge on any atom is 0.407 e. The van der Waals surface area contributed by atoms with Crippen molar-refractivity contribution in [1.29, 1.82) is 0 Å². The second-order valence-electron chi connectivity index (χ2n) is 6.36. The van der Waals surface area contributed by atoms with Crippen molar-refractivity contribution >= 4 is 12.1 Å². The van der Waals surface area contributed by atoms with Gasteiger partial charge in [-0.25, -0.2) is 4.79 Å². The summed E-state index contributed by atoms with van der Waals surface area (Å²) in [5, 5.41) is 9.34. The third kappa shape index (κ3) is 12.7. The SMILES string of the molecule is CCCC(CNC(=NC)NCCCOC)NC(=O)OC(C)(C)C. The maximum atomic E-state index is 11.9. The Morgan fingerprint density at radius 2 is 1.96 bits per heavy atom. The van der Waals surface area contributed by atoms with Gasteiger partial charge in [0.15, 0.2) is 5.96 Å². The third-order valence-electron chi connectivity index (χ3n) is 2.92. The van der Waals surface area contributed by atoms with Crippen LogP contribution in [0.4, 0.5) is 4.79 Å². The minimum absolute atomic E-state index is 0.00706. The summed E-state index contributed by atoms with van der Waals surface area (Å²) < 4.78 is 10.3. The molecular formula is C16H34N4O3. The Balaban J connectivity index is 4.27. The summed E-state index contributed by atoms with van der Waals surface area (Å²) >= 11 is 0. The van der Waals surface area contributed by atoms with E-state index in [0.29, 0.717) is 19.1 Å². The number of guanidine groups is 1. The molecule has 3 N–H and O–H groups in total. The number of carbonyl (C=O) groups is 1. The van der Waals surface area contributed by atoms with Gasteiger partial charge in [0.05, 0.1) is 0 Å². The van der Waals surface area contributed by atoms with Crippen LogP contribution in [0.25, 0.3) is 0 Å². The van der Waals surface area contributed by atoms with Gasteiger partial charge < -0.3 is 25.4 Å². The number of hydrogen-bond acceptors (Lipinski definition) is 4. The minimum atomic E-state index is -0.493. The summed E-state index contributed by atoms with van der Waals surface area (Å²) in [7, 11) is 3.41. The van der Waals surface area contributed by atoms with Gasteiger partial charge in [-0.05, 0) is 33.6 Å². The second-order valence-corrected chi connectivity index (χ2v) is 6.36. The molecule has 0 spiro atoms. The summed E-state index contributed by atoms with van der Waals surface area (Å²) in [6, 6.07) is -0.00706. The van der Waals surface area contributed by atoms with E-state index in [4.69, 9.17) is 9.47 Å². The molecule has 1 unspecified atom stereocenters. The van der Waals surface area contributed by atoms with Gasteiger partial charge in [0.1, 0.15) is 5.60 Å². The van der Waals surface area contributed by atoms with Crippen molar-refractivity contribution in [3.8, 4) is 0 Å². The van der Waals surface area contributed by atoms with E-state index in [0.717, 1.165) is 25.8 Å². The van der Waals surface area contributed by atoms with Crippen molar-refractivity contribution in [1.82, 2.24) is 16.0 Å². The van der Waals surface area contributed by atoms with Crippen LogP contribution in [0.15, 0.2) is 4.99 Å². The summed E-state index contributed by atoms with van der Waals surface area (Å²) in [4.78, 5) is 16.0. The minimum Gasteiger partial charge on any atom is -0.444 e. The lowest BCUT2D eigenvalue weighted by atomic mass is 10.1. The van der Waals surface area contributed by atoms with Crippen LogP contribution in [0.5, 0.6) is 0 Å². The molecule has 0 aromatic heterocycles. The third-order valence-corrected chi connectivity index (χ3v) is 2.92. The number of amides is 1. The molecule has 0 heterocycles. The van der Waals surface area contributed by atoms with Crippen LogP contribution in [-0.2, 0) is 9.47 Å². The zero-order valence-electron chi connectivity index (χ0n) is 15.5. The molecule has 0 aliphatic rings. The highest BCUT2D eigenvalue weighted by atomic mass is 16.6. The molecule has 7 heteroatoms. The van der Waals surface area contributed by atoms with E-state index in [1.54, 1.807) is 14.2 Å². The summed E-state index contributed by atoms with van der Waals surface area (Å²) in [6.07, 6.45) is 2.36. The van der Waals surface area contributed by atoms with E-state index in [1.807, 2.05) is 20.8 Å². The molecule has 0 rings (SSSR count). The highest BCUT2D eigenvalue weighted by molar-refractivity contribution is 5.79. The van der Waals surface area contributed by atoms with Gasteiger partial charge in [0.25, 0.3) is 0 Å². The van der Waals surface area contributed by atoms with E-state index in [1.165, 1.54) is 0 Å². The van der Waals surface area contributed by atoms with Crippen molar-refractivity contribution in [2.24, 2.45) is 4.99 Å². The molecule has 0 aliphatic heterocycles. The Morgan fingerprint density at radius 3 is 2.48 bits per heavy atom. The van der Waals surface area contributed by atoms with E-state index in [-0.39, 0.29) is 12.1 Å². The summed E-state index contributed by atoms with van der Waals surface area (Å²) in [5.74, 6) is 0.716. The fraction of sp³-hybridized carbons (Fsp3) is 0.875. The number of ether oxygens (including phenoxy) is 2. The number of rotatable bonds is 9. The summed E-state index contributed by atoms with van der Waals surface area (Å²) in [6.45, 7) is 9.73. The molecular weight excluding hydrogens is 296 g/mol. The Bertz CT molecular complexity index is 354. The number of methoxy groups -OCH3 is 1. The van der Waals surface area contributed by atoms with E-state index in [9.17, 15) is 4.79 Å². The quantitative estimate of drug-likeness (QED) is 0.341. The molecule has 0 saturated heterocycles. The average Bonchev–Trinajstić information content (AvgIpc) is 2.44. The molecule has 0 aliphatic carbocycles. The summed E-state index contributed by atoms with van der Waals surface area (Å²) in [5.41, 5.74) is -0.493. The molecule has 23 heavy (non-hydrogen) atoms. The van der Waals surface area contributed by atoms with Gasteiger partial charge in [0.2, 0.25) is 0 Å². The molecule has 7 nitrogen and oxygen atoms in total. The van der Waals surface area contributed by atoms with Crippen molar-refractivity contribution < 1.29 is 14.3 Å². The van der Waals surface area contributed by atoms with Gasteiger partial charge in [-0.15, -0.1) is 0 Å². The Morgan fingerprint density at radius 1 is 1.26 bits per heavy atom. The molecule has 1 atom stereocenters. The molecule has 0 radical (unpaired) electrons. The van der Waals surface area contributed by atoms with E-state index < -0.39 is 5.60 Å². The predicted octanol–water partition coefficient (Wildman–Crippen LogP) is 1.88. The lowest BCUT2D eigenvalue weighted by Crippen LogP contribution is -2.48. The Labute approximate surface area is 140 Å². The number of nitrogens with one attached hydrogen (secondary N) is 3. The number of nitrogens with zero attached hydrogens (tertiary/aromatic N) is 1. The first kappa shape index (κ1) is 21.5. The van der Waals surface area contributed by atoms with Gasteiger partial charge in [-0.1, -0.05) is 13.3 Å². The van der Waals surface area contributed by atoms with Crippen molar-refractivity contribution in [3.05, 3.63) is 0 Å². The van der Waals surface area contributed by atoms with Gasteiger partial charge in [0, 0.05) is 39.9 Å². The Kier molecular flexibility index (Phi) is 11.2. The maximum absolute atomic E-state index is 11.9. The fourth-order valence-corrected chi connectivity index (χ4v) is 1.91. The second kappa shape index (κ2) is 12.0. The van der Waals surface area contributed by atoms with Crippen molar-refractivity contribution in [2.45, 2.75) is 58.6 Å².